The molecule has 2 amide bonds. The summed E-state index contributed by atoms with van der Waals surface area (Å²) in [7, 11) is 1.60. The third-order valence-electron chi connectivity index (χ3n) is 5.32. The SMILES string of the molecule is CCCNC(=O)[C@H](C)N(Cc1cccc(OC)c1)C(=O)COc1cc(C)cc(C)c1C. The van der Waals surface area contributed by atoms with Crippen LogP contribution in [0.1, 0.15) is 42.5 Å². The molecule has 2 rings (SSSR count). The Hall–Kier alpha value is -3.02. The van der Waals surface area contributed by atoms with E-state index in [0.717, 1.165) is 28.7 Å². The Morgan fingerprint density at radius 2 is 1.87 bits per heavy atom. The fraction of sp³-hybridized carbons (Fsp3) is 0.440. The van der Waals surface area contributed by atoms with E-state index in [-0.39, 0.29) is 25.0 Å². The molecule has 2 aromatic carbocycles. The number of aryl methyl sites for hydroxylation is 2. The van der Waals surface area contributed by atoms with Crippen LogP contribution in [-0.4, -0.2) is 43.0 Å². The van der Waals surface area contributed by atoms with Crippen molar-refractivity contribution >= 4 is 11.8 Å². The zero-order valence-corrected chi connectivity index (χ0v) is 19.5. The number of hydrogen-bond donors (Lipinski definition) is 1. The van der Waals surface area contributed by atoms with Crippen LogP contribution < -0.4 is 14.8 Å². The van der Waals surface area contributed by atoms with Crippen LogP contribution in [0.5, 0.6) is 11.5 Å². The minimum Gasteiger partial charge on any atom is -0.497 e. The minimum absolute atomic E-state index is 0.140. The van der Waals surface area contributed by atoms with Crippen LogP contribution in [0, 0.1) is 20.8 Å². The highest BCUT2D eigenvalue weighted by molar-refractivity contribution is 5.88. The van der Waals surface area contributed by atoms with E-state index in [1.54, 1.807) is 18.9 Å². The summed E-state index contributed by atoms with van der Waals surface area (Å²) in [6, 6.07) is 10.9. The smallest absolute Gasteiger partial charge is 0.261 e. The first-order valence-electron chi connectivity index (χ1n) is 10.7. The number of nitrogens with one attached hydrogen (secondary N) is 1. The van der Waals surface area contributed by atoms with Gasteiger partial charge in [-0.3, -0.25) is 9.59 Å². The highest BCUT2D eigenvalue weighted by Gasteiger charge is 2.26. The summed E-state index contributed by atoms with van der Waals surface area (Å²) in [4.78, 5) is 27.3. The zero-order chi connectivity index (χ0) is 23.0. The third-order valence-corrected chi connectivity index (χ3v) is 5.32. The van der Waals surface area contributed by atoms with Gasteiger partial charge < -0.3 is 19.7 Å². The van der Waals surface area contributed by atoms with Crippen molar-refractivity contribution in [1.82, 2.24) is 10.2 Å². The first kappa shape index (κ1) is 24.3. The first-order chi connectivity index (χ1) is 14.8. The highest BCUT2D eigenvalue weighted by Crippen LogP contribution is 2.23. The van der Waals surface area contributed by atoms with Crippen molar-refractivity contribution in [1.29, 1.82) is 0 Å². The first-order valence-corrected chi connectivity index (χ1v) is 10.7. The molecule has 0 fully saturated rings. The lowest BCUT2D eigenvalue weighted by Gasteiger charge is -2.29. The van der Waals surface area contributed by atoms with Crippen LogP contribution in [0.4, 0.5) is 0 Å². The van der Waals surface area contributed by atoms with Crippen LogP contribution >= 0.6 is 0 Å². The molecule has 1 atom stereocenters. The van der Waals surface area contributed by atoms with Crippen molar-refractivity contribution in [3.05, 3.63) is 58.7 Å². The Morgan fingerprint density at radius 1 is 1.13 bits per heavy atom. The Kier molecular flexibility index (Phi) is 8.91. The van der Waals surface area contributed by atoms with Crippen molar-refractivity contribution in [2.45, 2.75) is 53.6 Å². The Balaban J connectivity index is 2.21. The number of hydrogen-bond acceptors (Lipinski definition) is 4. The van der Waals surface area contributed by atoms with Gasteiger partial charge in [0.1, 0.15) is 17.5 Å². The van der Waals surface area contributed by atoms with Crippen molar-refractivity contribution in [2.24, 2.45) is 0 Å². The van der Waals surface area contributed by atoms with Crippen molar-refractivity contribution < 1.29 is 19.1 Å². The molecule has 0 spiro atoms. The van der Waals surface area contributed by atoms with Gasteiger partial charge in [-0.2, -0.15) is 0 Å². The van der Waals surface area contributed by atoms with Crippen LogP contribution in [0.2, 0.25) is 0 Å². The lowest BCUT2D eigenvalue weighted by Crippen LogP contribution is -2.49. The summed E-state index contributed by atoms with van der Waals surface area (Å²) in [6.07, 6.45) is 0.831. The maximum Gasteiger partial charge on any atom is 0.261 e. The largest absolute Gasteiger partial charge is 0.497 e. The molecule has 6 nitrogen and oxygen atoms in total. The van der Waals surface area contributed by atoms with Crippen LogP contribution in [0.3, 0.4) is 0 Å². The quantitative estimate of drug-likeness (QED) is 0.625. The maximum absolute atomic E-state index is 13.2. The van der Waals surface area contributed by atoms with Gasteiger partial charge in [0.25, 0.3) is 5.91 Å². The predicted octanol–water partition coefficient (Wildman–Crippen LogP) is 3.94. The topological polar surface area (TPSA) is 67.9 Å². The zero-order valence-electron chi connectivity index (χ0n) is 19.5. The molecule has 0 bridgehead atoms. The van der Waals surface area contributed by atoms with Crippen molar-refractivity contribution in [3.63, 3.8) is 0 Å². The lowest BCUT2D eigenvalue weighted by molar-refractivity contribution is -0.142. The van der Waals surface area contributed by atoms with Crippen molar-refractivity contribution in [3.8, 4) is 11.5 Å². The predicted molar refractivity (Wildman–Crippen MR) is 122 cm³/mol. The molecule has 168 valence electrons. The Bertz CT molecular complexity index is 910. The van der Waals surface area contributed by atoms with Gasteiger partial charge >= 0.3 is 0 Å². The molecule has 0 aliphatic carbocycles. The van der Waals surface area contributed by atoms with Crippen LogP contribution in [-0.2, 0) is 16.1 Å². The minimum atomic E-state index is -0.630. The Morgan fingerprint density at radius 3 is 2.55 bits per heavy atom. The van der Waals surface area contributed by atoms with E-state index in [2.05, 4.69) is 11.4 Å². The summed E-state index contributed by atoms with van der Waals surface area (Å²) in [5.41, 5.74) is 4.07. The number of nitrogens with zero attached hydrogens (tertiary/aromatic N) is 1. The van der Waals surface area contributed by atoms with E-state index < -0.39 is 6.04 Å². The van der Waals surface area contributed by atoms with Crippen molar-refractivity contribution in [2.75, 3.05) is 20.3 Å². The number of amides is 2. The van der Waals surface area contributed by atoms with E-state index in [1.807, 2.05) is 58.0 Å². The molecule has 1 N–H and O–H groups in total. The molecule has 0 aliphatic rings. The van der Waals surface area contributed by atoms with Gasteiger partial charge in [-0.1, -0.05) is 25.1 Å². The molecule has 0 saturated heterocycles. The van der Waals surface area contributed by atoms with E-state index >= 15 is 0 Å². The van der Waals surface area contributed by atoms with E-state index in [9.17, 15) is 9.59 Å². The van der Waals surface area contributed by atoms with Gasteiger partial charge in [0.2, 0.25) is 5.91 Å². The highest BCUT2D eigenvalue weighted by atomic mass is 16.5. The monoisotopic (exact) mass is 426 g/mol. The van der Waals surface area contributed by atoms with E-state index in [4.69, 9.17) is 9.47 Å². The second-order valence-electron chi connectivity index (χ2n) is 7.83. The van der Waals surface area contributed by atoms with E-state index in [0.29, 0.717) is 18.0 Å². The number of methoxy groups -OCH3 is 1. The second-order valence-corrected chi connectivity index (χ2v) is 7.83. The molecule has 0 heterocycles. The number of rotatable bonds is 10. The van der Waals surface area contributed by atoms with Crippen LogP contribution in [0.25, 0.3) is 0 Å². The Labute approximate surface area is 185 Å². The average Bonchev–Trinajstić information content (AvgIpc) is 2.76. The molecule has 0 radical (unpaired) electrons. The molecule has 0 aliphatic heterocycles. The van der Waals surface area contributed by atoms with E-state index in [1.165, 1.54) is 0 Å². The third kappa shape index (κ3) is 6.74. The van der Waals surface area contributed by atoms with Gasteiger partial charge in [-0.15, -0.1) is 0 Å². The summed E-state index contributed by atoms with van der Waals surface area (Å²) in [5, 5.41) is 2.88. The number of carbonyl (C=O) groups is 2. The molecule has 0 aromatic heterocycles. The molecule has 0 saturated carbocycles. The average molecular weight is 427 g/mol. The van der Waals surface area contributed by atoms with Crippen LogP contribution in [0.15, 0.2) is 36.4 Å². The summed E-state index contributed by atoms with van der Waals surface area (Å²) in [6.45, 7) is 10.4. The summed E-state index contributed by atoms with van der Waals surface area (Å²) in [5.74, 6) is 0.964. The summed E-state index contributed by atoms with van der Waals surface area (Å²) < 4.78 is 11.2. The van der Waals surface area contributed by atoms with Gasteiger partial charge in [0.05, 0.1) is 7.11 Å². The van der Waals surface area contributed by atoms with Gasteiger partial charge in [-0.25, -0.2) is 0 Å². The molecule has 6 heteroatoms. The maximum atomic E-state index is 13.2. The number of benzene rings is 2. The van der Waals surface area contributed by atoms with Gasteiger partial charge in [0.15, 0.2) is 6.61 Å². The fourth-order valence-corrected chi connectivity index (χ4v) is 3.32. The summed E-state index contributed by atoms with van der Waals surface area (Å²) >= 11 is 0. The standard InChI is InChI=1S/C25H34N2O4/c1-7-11-26-25(29)20(5)27(15-21-9-8-10-22(14-21)30-6)24(28)16-31-23-13-17(2)12-18(3)19(23)4/h8-10,12-14,20H,7,11,15-16H2,1-6H3,(H,26,29)/t20-/m0/s1. The van der Waals surface area contributed by atoms with Gasteiger partial charge in [0, 0.05) is 13.1 Å². The molecule has 31 heavy (non-hydrogen) atoms. The number of carbonyl (C=O) groups excluding carboxylic acids is 2. The number of ether oxygens (including phenoxy) is 2. The molecular weight excluding hydrogens is 392 g/mol. The normalized spacial score (nSPS) is 11.5. The fourth-order valence-electron chi connectivity index (χ4n) is 3.32. The lowest BCUT2D eigenvalue weighted by atomic mass is 10.1. The molecule has 2 aromatic rings. The second kappa shape index (κ2) is 11.4. The molecular formula is C25H34N2O4. The van der Waals surface area contributed by atoms with Gasteiger partial charge in [-0.05, 0) is 74.6 Å². The molecule has 0 unspecified atom stereocenters.